The van der Waals surface area contributed by atoms with Gasteiger partial charge in [0.15, 0.2) is 0 Å². The van der Waals surface area contributed by atoms with Gasteiger partial charge in [-0.2, -0.15) is 11.8 Å². The van der Waals surface area contributed by atoms with Crippen LogP contribution in [0.1, 0.15) is 48.4 Å². The Hall–Kier alpha value is -1.42. The van der Waals surface area contributed by atoms with E-state index in [4.69, 9.17) is 9.72 Å². The van der Waals surface area contributed by atoms with Gasteiger partial charge in [-0.15, -0.1) is 11.3 Å². The Bertz CT molecular complexity index is 1010. The van der Waals surface area contributed by atoms with Crippen LogP contribution in [0.5, 0.6) is 0 Å². The molecule has 2 aliphatic heterocycles. The summed E-state index contributed by atoms with van der Waals surface area (Å²) in [6, 6.07) is 0. The van der Waals surface area contributed by atoms with E-state index in [0.717, 1.165) is 86.8 Å². The van der Waals surface area contributed by atoms with Crippen molar-refractivity contribution in [1.82, 2.24) is 19.8 Å². The van der Waals surface area contributed by atoms with Crippen LogP contribution in [0, 0.1) is 0 Å². The fraction of sp³-hybridized carbons (Fsp3) is 0.696. The second-order valence-electron chi connectivity index (χ2n) is 9.02. The zero-order valence-electron chi connectivity index (χ0n) is 18.6. The normalized spacial score (nSPS) is 21.9. The largest absolute Gasteiger partial charge is 0.377 e. The van der Waals surface area contributed by atoms with E-state index < -0.39 is 0 Å². The summed E-state index contributed by atoms with van der Waals surface area (Å²) in [7, 11) is 0. The number of carbonyl (C=O) groups excluding carboxylic acids is 1. The molecule has 1 amide bonds. The van der Waals surface area contributed by atoms with Crippen LogP contribution in [0.4, 0.5) is 0 Å². The highest BCUT2D eigenvalue weighted by molar-refractivity contribution is 7.98. The van der Waals surface area contributed by atoms with Gasteiger partial charge < -0.3 is 14.6 Å². The molecule has 2 aromatic heterocycles. The Morgan fingerprint density at radius 2 is 2.03 bits per heavy atom. The van der Waals surface area contributed by atoms with Crippen molar-refractivity contribution in [2.45, 2.75) is 56.8 Å². The van der Waals surface area contributed by atoms with Gasteiger partial charge in [-0.25, -0.2) is 4.98 Å². The van der Waals surface area contributed by atoms with Crippen molar-refractivity contribution >= 4 is 39.2 Å². The van der Waals surface area contributed by atoms with E-state index in [0.29, 0.717) is 18.3 Å². The molecule has 0 spiro atoms. The molecule has 9 heteroatoms. The molecule has 1 unspecified atom stereocenters. The summed E-state index contributed by atoms with van der Waals surface area (Å²) < 4.78 is 5.73. The second-order valence-corrected chi connectivity index (χ2v) is 11.2. The SMILES string of the molecule is O=C(CCSCc1nc2sc3c(c2c(=O)[nH]1)CCCC3)N1CCN(CC2CCCO2)CC1. The van der Waals surface area contributed by atoms with Gasteiger partial charge >= 0.3 is 0 Å². The average molecular weight is 477 g/mol. The molecule has 0 aromatic carbocycles. The summed E-state index contributed by atoms with van der Waals surface area (Å²) in [6.07, 6.45) is 7.70. The minimum Gasteiger partial charge on any atom is -0.377 e. The standard InChI is InChI=1S/C23H32N4O3S2/c28-20(27-10-8-26(9-11-27)14-16-4-3-12-30-16)7-13-31-15-19-24-22(29)21-17-5-1-2-6-18(17)32-23(21)25-19/h16H,1-15H2,(H,24,25,29). The fourth-order valence-electron chi connectivity index (χ4n) is 5.02. The number of nitrogens with zero attached hydrogens (tertiary/aromatic N) is 3. The van der Waals surface area contributed by atoms with Gasteiger partial charge in [0, 0.05) is 56.4 Å². The molecule has 1 aliphatic carbocycles. The molecule has 0 saturated carbocycles. The van der Waals surface area contributed by atoms with Gasteiger partial charge in [-0.1, -0.05) is 0 Å². The highest BCUT2D eigenvalue weighted by atomic mass is 32.2. The van der Waals surface area contributed by atoms with Crippen LogP contribution in [0.2, 0.25) is 0 Å². The fourth-order valence-corrected chi connectivity index (χ4v) is 7.09. The Labute approximate surface area is 196 Å². The van der Waals surface area contributed by atoms with Gasteiger partial charge in [0.25, 0.3) is 5.56 Å². The van der Waals surface area contributed by atoms with Crippen molar-refractivity contribution in [2.75, 3.05) is 45.1 Å². The molecule has 1 N–H and O–H groups in total. The molecule has 7 nitrogen and oxygen atoms in total. The maximum absolute atomic E-state index is 12.6. The maximum atomic E-state index is 12.6. The van der Waals surface area contributed by atoms with Crippen molar-refractivity contribution < 1.29 is 9.53 Å². The quantitative estimate of drug-likeness (QED) is 0.619. The molecule has 32 heavy (non-hydrogen) atoms. The molecule has 2 aromatic rings. The lowest BCUT2D eigenvalue weighted by atomic mass is 9.97. The molecule has 174 valence electrons. The number of thioether (sulfide) groups is 1. The average Bonchev–Trinajstić information content (AvgIpc) is 3.44. The van der Waals surface area contributed by atoms with Crippen LogP contribution in [0.15, 0.2) is 4.79 Å². The first-order valence-electron chi connectivity index (χ1n) is 11.9. The highest BCUT2D eigenvalue weighted by Crippen LogP contribution is 2.33. The maximum Gasteiger partial charge on any atom is 0.259 e. The number of aromatic nitrogens is 2. The Morgan fingerprint density at radius 1 is 1.19 bits per heavy atom. The zero-order valence-corrected chi connectivity index (χ0v) is 20.2. The molecule has 0 radical (unpaired) electrons. The summed E-state index contributed by atoms with van der Waals surface area (Å²) in [6.45, 7) is 5.40. The monoisotopic (exact) mass is 476 g/mol. The second kappa shape index (κ2) is 10.2. The number of carbonyl (C=O) groups is 1. The zero-order chi connectivity index (χ0) is 21.9. The topological polar surface area (TPSA) is 78.5 Å². The summed E-state index contributed by atoms with van der Waals surface area (Å²) in [5.41, 5.74) is 1.23. The number of aromatic amines is 1. The number of nitrogens with one attached hydrogen (secondary N) is 1. The minimum atomic E-state index is 0.00181. The van der Waals surface area contributed by atoms with E-state index >= 15 is 0 Å². The number of thiophene rings is 1. The third-order valence-electron chi connectivity index (χ3n) is 6.78. The Morgan fingerprint density at radius 3 is 2.84 bits per heavy atom. The third kappa shape index (κ3) is 5.05. The number of amides is 1. The summed E-state index contributed by atoms with van der Waals surface area (Å²) in [4.78, 5) is 39.6. The predicted molar refractivity (Wildman–Crippen MR) is 130 cm³/mol. The van der Waals surface area contributed by atoms with Gasteiger partial charge in [-0.05, 0) is 44.1 Å². The van der Waals surface area contributed by atoms with Crippen molar-refractivity contribution in [3.63, 3.8) is 0 Å². The summed E-state index contributed by atoms with van der Waals surface area (Å²) in [5.74, 6) is 2.34. The summed E-state index contributed by atoms with van der Waals surface area (Å²) in [5, 5.41) is 0.812. The molecule has 2 saturated heterocycles. The number of hydrogen-bond donors (Lipinski definition) is 1. The number of ether oxygens (including phenoxy) is 1. The molecule has 2 fully saturated rings. The Kier molecular flexibility index (Phi) is 7.16. The lowest BCUT2D eigenvalue weighted by Gasteiger charge is -2.35. The van der Waals surface area contributed by atoms with Gasteiger partial charge in [0.1, 0.15) is 10.7 Å². The number of aryl methyl sites for hydroxylation is 2. The number of fused-ring (bicyclic) bond motifs is 3. The number of piperazine rings is 1. The molecule has 1 atom stereocenters. The van der Waals surface area contributed by atoms with E-state index in [-0.39, 0.29) is 11.5 Å². The van der Waals surface area contributed by atoms with E-state index in [1.807, 2.05) is 4.90 Å². The van der Waals surface area contributed by atoms with Gasteiger partial charge in [0.05, 0.1) is 17.2 Å². The number of H-pyrrole nitrogens is 1. The number of hydrogen-bond acceptors (Lipinski definition) is 7. The molecule has 5 rings (SSSR count). The molecular formula is C23H32N4O3S2. The first kappa shape index (κ1) is 22.4. The van der Waals surface area contributed by atoms with E-state index in [1.165, 1.54) is 23.3 Å². The minimum absolute atomic E-state index is 0.00181. The third-order valence-corrected chi connectivity index (χ3v) is 8.94. The van der Waals surface area contributed by atoms with Gasteiger partial charge in [-0.3, -0.25) is 14.5 Å². The van der Waals surface area contributed by atoms with Gasteiger partial charge in [0.2, 0.25) is 5.91 Å². The number of rotatable bonds is 7. The van der Waals surface area contributed by atoms with Crippen LogP contribution in [-0.2, 0) is 28.1 Å². The van der Waals surface area contributed by atoms with E-state index in [9.17, 15) is 9.59 Å². The van der Waals surface area contributed by atoms with Crippen LogP contribution in [-0.4, -0.2) is 76.9 Å². The summed E-state index contributed by atoms with van der Waals surface area (Å²) >= 11 is 3.36. The molecule has 3 aliphatic rings. The van der Waals surface area contributed by atoms with Crippen molar-refractivity contribution in [3.8, 4) is 0 Å². The lowest BCUT2D eigenvalue weighted by molar-refractivity contribution is -0.132. The first-order valence-corrected chi connectivity index (χ1v) is 13.9. The van der Waals surface area contributed by atoms with Crippen LogP contribution >= 0.6 is 23.1 Å². The molecular weight excluding hydrogens is 444 g/mol. The van der Waals surface area contributed by atoms with Crippen LogP contribution in [0.25, 0.3) is 10.2 Å². The van der Waals surface area contributed by atoms with E-state index in [1.54, 1.807) is 23.1 Å². The lowest BCUT2D eigenvalue weighted by Crippen LogP contribution is -2.50. The molecule has 4 heterocycles. The van der Waals surface area contributed by atoms with Crippen molar-refractivity contribution in [2.24, 2.45) is 0 Å². The van der Waals surface area contributed by atoms with E-state index in [2.05, 4.69) is 9.88 Å². The smallest absolute Gasteiger partial charge is 0.259 e. The van der Waals surface area contributed by atoms with Crippen molar-refractivity contribution in [1.29, 1.82) is 0 Å². The Balaban J connectivity index is 1.07. The highest BCUT2D eigenvalue weighted by Gasteiger charge is 2.25. The predicted octanol–water partition coefficient (Wildman–Crippen LogP) is 2.81. The molecule has 0 bridgehead atoms. The van der Waals surface area contributed by atoms with Crippen LogP contribution in [0.3, 0.4) is 0 Å². The first-order chi connectivity index (χ1) is 15.7. The van der Waals surface area contributed by atoms with Crippen molar-refractivity contribution in [3.05, 3.63) is 26.6 Å². The van der Waals surface area contributed by atoms with Crippen LogP contribution < -0.4 is 5.56 Å².